The summed E-state index contributed by atoms with van der Waals surface area (Å²) in [6.07, 6.45) is 1.04. The minimum Gasteiger partial charge on any atom is -0.493 e. The molecule has 0 unspecified atom stereocenters. The third-order valence-electron chi connectivity index (χ3n) is 5.71. The molecule has 0 radical (unpaired) electrons. The van der Waals surface area contributed by atoms with Crippen LogP contribution in [0.1, 0.15) is 36.5 Å². The molecule has 3 rings (SSSR count). The number of rotatable bonds is 5. The number of ether oxygens (including phenoxy) is 4. The van der Waals surface area contributed by atoms with Gasteiger partial charge in [0.1, 0.15) is 0 Å². The molecule has 4 heteroatoms. The van der Waals surface area contributed by atoms with Gasteiger partial charge in [-0.1, -0.05) is 19.9 Å². The third-order valence-corrected chi connectivity index (χ3v) is 5.71. The van der Waals surface area contributed by atoms with E-state index in [0.29, 0.717) is 11.8 Å². The Labute approximate surface area is 156 Å². The van der Waals surface area contributed by atoms with Gasteiger partial charge >= 0.3 is 0 Å². The number of methoxy groups -OCH3 is 4. The van der Waals surface area contributed by atoms with Gasteiger partial charge in [0.05, 0.1) is 28.4 Å². The van der Waals surface area contributed by atoms with E-state index in [0.717, 1.165) is 29.4 Å². The lowest BCUT2D eigenvalue weighted by atomic mass is 9.68. The molecule has 140 valence electrons. The predicted octanol–water partition coefficient (Wildman–Crippen LogP) is 4.68. The molecule has 1 aliphatic carbocycles. The van der Waals surface area contributed by atoms with Gasteiger partial charge in [0.15, 0.2) is 23.0 Å². The first kappa shape index (κ1) is 18.4. The average Bonchev–Trinajstić information content (AvgIpc) is 2.67. The molecule has 0 aliphatic heterocycles. The second-order valence-corrected chi connectivity index (χ2v) is 7.04. The molecule has 2 aromatic rings. The Bertz CT molecular complexity index is 784. The molecule has 0 saturated heterocycles. The molecule has 26 heavy (non-hydrogen) atoms. The normalized spacial score (nSPS) is 21.7. The molecular formula is C22H28O4. The first-order valence-corrected chi connectivity index (χ1v) is 9.00. The summed E-state index contributed by atoms with van der Waals surface area (Å²) in [4.78, 5) is 0. The van der Waals surface area contributed by atoms with Crippen LogP contribution in [0, 0.1) is 11.8 Å². The monoisotopic (exact) mass is 356 g/mol. The summed E-state index contributed by atoms with van der Waals surface area (Å²) in [6.45, 7) is 4.64. The maximum atomic E-state index is 5.56. The molecule has 0 N–H and O–H groups in total. The quantitative estimate of drug-likeness (QED) is 0.779. The van der Waals surface area contributed by atoms with Crippen molar-refractivity contribution in [3.63, 3.8) is 0 Å². The van der Waals surface area contributed by atoms with E-state index >= 15 is 0 Å². The van der Waals surface area contributed by atoms with E-state index in [-0.39, 0.29) is 5.92 Å². The Kier molecular flexibility index (Phi) is 5.30. The van der Waals surface area contributed by atoms with Gasteiger partial charge < -0.3 is 18.9 Å². The molecule has 0 spiro atoms. The van der Waals surface area contributed by atoms with Gasteiger partial charge in [-0.2, -0.15) is 0 Å². The van der Waals surface area contributed by atoms with Crippen LogP contribution < -0.4 is 18.9 Å². The van der Waals surface area contributed by atoms with Gasteiger partial charge in [0.25, 0.3) is 0 Å². The average molecular weight is 356 g/mol. The molecule has 1 aliphatic rings. The summed E-state index contributed by atoms with van der Waals surface area (Å²) >= 11 is 0. The summed E-state index contributed by atoms with van der Waals surface area (Å²) < 4.78 is 22.0. The van der Waals surface area contributed by atoms with E-state index in [2.05, 4.69) is 38.1 Å². The van der Waals surface area contributed by atoms with E-state index in [9.17, 15) is 0 Å². The largest absolute Gasteiger partial charge is 0.493 e. The zero-order chi connectivity index (χ0) is 18.8. The Morgan fingerprint density at radius 1 is 0.731 bits per heavy atom. The fourth-order valence-electron chi connectivity index (χ4n) is 4.08. The molecule has 0 saturated carbocycles. The van der Waals surface area contributed by atoms with Crippen molar-refractivity contribution >= 4 is 0 Å². The van der Waals surface area contributed by atoms with Gasteiger partial charge in [0.2, 0.25) is 0 Å². The maximum absolute atomic E-state index is 5.56. The Morgan fingerprint density at radius 3 is 1.92 bits per heavy atom. The number of hydrogen-bond acceptors (Lipinski definition) is 4. The first-order chi connectivity index (χ1) is 12.5. The van der Waals surface area contributed by atoms with Crippen LogP contribution in [0.15, 0.2) is 30.3 Å². The SMILES string of the molecule is COc1ccc([C@H]2c3cc(OC)c(OC)cc3C[C@H](C)[C@@H]2C)cc1OC. The van der Waals surface area contributed by atoms with Crippen LogP contribution in [-0.4, -0.2) is 28.4 Å². The zero-order valence-electron chi connectivity index (χ0n) is 16.5. The molecule has 4 nitrogen and oxygen atoms in total. The molecule has 3 atom stereocenters. The summed E-state index contributed by atoms with van der Waals surface area (Å²) in [5, 5.41) is 0. The second kappa shape index (κ2) is 7.48. The van der Waals surface area contributed by atoms with Crippen molar-refractivity contribution in [3.05, 3.63) is 47.0 Å². The minimum atomic E-state index is 0.272. The summed E-state index contributed by atoms with van der Waals surface area (Å²) in [5.74, 6) is 4.42. The zero-order valence-corrected chi connectivity index (χ0v) is 16.5. The van der Waals surface area contributed by atoms with Crippen LogP contribution in [-0.2, 0) is 6.42 Å². The predicted molar refractivity (Wildman–Crippen MR) is 103 cm³/mol. The summed E-state index contributed by atoms with van der Waals surface area (Å²) in [5.41, 5.74) is 3.86. The molecule has 0 fully saturated rings. The summed E-state index contributed by atoms with van der Waals surface area (Å²) in [7, 11) is 6.71. The standard InChI is InChI=1S/C22H28O4/c1-13-9-16-11-20(25-5)21(26-6)12-17(16)22(14(13)2)15-7-8-18(23-3)19(10-15)24-4/h7-8,10-14,22H,9H2,1-6H3/t13-,14-,22-/m0/s1. The van der Waals surface area contributed by atoms with Crippen molar-refractivity contribution in [1.29, 1.82) is 0 Å². The first-order valence-electron chi connectivity index (χ1n) is 9.00. The Morgan fingerprint density at radius 2 is 1.31 bits per heavy atom. The van der Waals surface area contributed by atoms with Crippen LogP contribution in [0.4, 0.5) is 0 Å². The number of hydrogen-bond donors (Lipinski definition) is 0. The van der Waals surface area contributed by atoms with E-state index in [4.69, 9.17) is 18.9 Å². The topological polar surface area (TPSA) is 36.9 Å². The highest BCUT2D eigenvalue weighted by Crippen LogP contribution is 2.47. The van der Waals surface area contributed by atoms with Crippen molar-refractivity contribution in [1.82, 2.24) is 0 Å². The van der Waals surface area contributed by atoms with Crippen molar-refractivity contribution < 1.29 is 18.9 Å². The molecular weight excluding hydrogens is 328 g/mol. The second-order valence-electron chi connectivity index (χ2n) is 7.04. The van der Waals surface area contributed by atoms with Crippen LogP contribution in [0.3, 0.4) is 0 Å². The molecule has 2 aromatic carbocycles. The Hall–Kier alpha value is -2.36. The van der Waals surface area contributed by atoms with Gasteiger partial charge in [-0.15, -0.1) is 0 Å². The molecule has 0 bridgehead atoms. The van der Waals surface area contributed by atoms with Crippen LogP contribution in [0.25, 0.3) is 0 Å². The van der Waals surface area contributed by atoms with Crippen molar-refractivity contribution in [2.24, 2.45) is 11.8 Å². The summed E-state index contributed by atoms with van der Waals surface area (Å²) in [6, 6.07) is 10.5. The highest BCUT2D eigenvalue weighted by Gasteiger charge is 2.34. The number of fused-ring (bicyclic) bond motifs is 1. The van der Waals surface area contributed by atoms with Crippen molar-refractivity contribution in [3.8, 4) is 23.0 Å². The molecule has 0 heterocycles. The smallest absolute Gasteiger partial charge is 0.161 e. The molecule has 0 amide bonds. The van der Waals surface area contributed by atoms with Gasteiger partial charge in [-0.05, 0) is 59.2 Å². The Balaban J connectivity index is 2.15. The highest BCUT2D eigenvalue weighted by molar-refractivity contribution is 5.54. The lowest BCUT2D eigenvalue weighted by molar-refractivity contribution is 0.316. The fraction of sp³-hybridized carbons (Fsp3) is 0.455. The minimum absolute atomic E-state index is 0.272. The third kappa shape index (κ3) is 3.09. The van der Waals surface area contributed by atoms with Crippen LogP contribution >= 0.6 is 0 Å². The van der Waals surface area contributed by atoms with Gasteiger partial charge in [-0.25, -0.2) is 0 Å². The lowest BCUT2D eigenvalue weighted by Crippen LogP contribution is -2.27. The van der Waals surface area contributed by atoms with Crippen molar-refractivity contribution in [2.45, 2.75) is 26.2 Å². The van der Waals surface area contributed by atoms with Crippen molar-refractivity contribution in [2.75, 3.05) is 28.4 Å². The van der Waals surface area contributed by atoms with Crippen LogP contribution in [0.5, 0.6) is 23.0 Å². The lowest BCUT2D eigenvalue weighted by Gasteiger charge is -2.37. The van der Waals surface area contributed by atoms with Gasteiger partial charge in [0, 0.05) is 5.92 Å². The van der Waals surface area contributed by atoms with E-state index in [1.807, 2.05) is 6.07 Å². The highest BCUT2D eigenvalue weighted by atomic mass is 16.5. The van der Waals surface area contributed by atoms with Gasteiger partial charge in [-0.3, -0.25) is 0 Å². The number of benzene rings is 2. The van der Waals surface area contributed by atoms with E-state index in [1.165, 1.54) is 16.7 Å². The maximum Gasteiger partial charge on any atom is 0.161 e. The van der Waals surface area contributed by atoms with E-state index in [1.54, 1.807) is 28.4 Å². The molecule has 0 aromatic heterocycles. The van der Waals surface area contributed by atoms with Crippen LogP contribution in [0.2, 0.25) is 0 Å². The van der Waals surface area contributed by atoms with E-state index < -0.39 is 0 Å². The fourth-order valence-corrected chi connectivity index (χ4v) is 4.08.